The minimum absolute atomic E-state index is 0.00149. The highest BCUT2D eigenvalue weighted by Gasteiger charge is 2.37. The molecule has 0 bridgehead atoms. The third-order valence-corrected chi connectivity index (χ3v) is 18.0. The van der Waals surface area contributed by atoms with Crippen LogP contribution in [0.25, 0.3) is 11.2 Å². The molecule has 3 aromatic rings. The van der Waals surface area contributed by atoms with Crippen molar-refractivity contribution < 1.29 is 144 Å². The second-order valence-electron chi connectivity index (χ2n) is 24.6. The summed E-state index contributed by atoms with van der Waals surface area (Å²) < 4.78 is 0. The molecule has 48 heteroatoms. The molecule has 616 valence electrons. The molecule has 0 aliphatic heterocycles. The van der Waals surface area contributed by atoms with Gasteiger partial charge in [-0.15, -0.1) is 0 Å². The number of aliphatic hydroxyl groups is 13. The van der Waals surface area contributed by atoms with Crippen molar-refractivity contribution in [3.63, 3.8) is 0 Å². The maximum Gasteiger partial charge on any atom is 0.327 e. The van der Waals surface area contributed by atoms with Crippen molar-refractivity contribution in [3.8, 4) is 0 Å². The van der Waals surface area contributed by atoms with Crippen molar-refractivity contribution in [1.82, 2.24) is 73.1 Å². The van der Waals surface area contributed by atoms with Crippen LogP contribution in [0, 0.1) is 0 Å². The van der Waals surface area contributed by atoms with Crippen molar-refractivity contribution >= 4 is 116 Å². The van der Waals surface area contributed by atoms with E-state index < -0.39 is 290 Å². The molecule has 0 spiro atoms. The smallest absolute Gasteiger partial charge is 0.327 e. The van der Waals surface area contributed by atoms with E-state index in [9.17, 15) is 149 Å². The Bertz CT molecular complexity index is 3580. The monoisotopic (exact) mass is 1610 g/mol. The van der Waals surface area contributed by atoms with Crippen LogP contribution in [0.3, 0.4) is 0 Å². The Hall–Kier alpha value is -9.22. The van der Waals surface area contributed by atoms with Gasteiger partial charge in [0, 0.05) is 74.8 Å². The minimum Gasteiger partial charge on any atom is -0.481 e. The molecular weight excluding hydrogens is 1510 g/mol. The lowest BCUT2D eigenvalue weighted by molar-refractivity contribution is -0.142. The third-order valence-electron chi connectivity index (χ3n) is 16.2. The number of anilines is 2. The van der Waals surface area contributed by atoms with Gasteiger partial charge in [0.25, 0.3) is 11.5 Å². The van der Waals surface area contributed by atoms with E-state index in [-0.39, 0.29) is 41.5 Å². The number of fused-ring (bicyclic) bond motifs is 1. The zero-order chi connectivity index (χ0) is 82.5. The largest absolute Gasteiger partial charge is 0.481 e. The number of carboxylic acids is 4. The number of hydrogen-bond donors (Lipinski definition) is 30. The van der Waals surface area contributed by atoms with Crippen molar-refractivity contribution in [2.45, 2.75) is 187 Å². The van der Waals surface area contributed by atoms with E-state index in [0.29, 0.717) is 11.4 Å². The average Bonchev–Trinajstić information content (AvgIpc) is 0.810. The van der Waals surface area contributed by atoms with E-state index in [1.54, 1.807) is 6.26 Å². The van der Waals surface area contributed by atoms with Crippen LogP contribution in [-0.4, -0.2) is 333 Å². The van der Waals surface area contributed by atoms with Gasteiger partial charge < -0.3 is 140 Å². The summed E-state index contributed by atoms with van der Waals surface area (Å²) in [6.07, 6.45) is -26.9. The fourth-order valence-corrected chi connectivity index (χ4v) is 11.2. The van der Waals surface area contributed by atoms with E-state index >= 15 is 0 Å². The number of rotatable bonds is 55. The lowest BCUT2D eigenvalue weighted by atomic mass is 10.0. The van der Waals surface area contributed by atoms with Crippen LogP contribution in [-0.2, 0) is 59.3 Å². The molecule has 110 heavy (non-hydrogen) atoms. The number of aliphatic carboxylic acids is 4. The molecule has 2 heterocycles. The lowest BCUT2D eigenvalue weighted by Crippen LogP contribution is -2.60. The highest BCUT2D eigenvalue weighted by Crippen LogP contribution is 2.19. The minimum atomic E-state index is -2.26. The number of carbonyl (C=O) groups is 12. The maximum atomic E-state index is 14.6. The summed E-state index contributed by atoms with van der Waals surface area (Å²) in [5, 5.41) is 198. The number of nitrogens with two attached hydrogens (primary N) is 1. The number of carbonyl (C=O) groups excluding carboxylic acids is 8. The molecule has 17 atom stereocenters. The summed E-state index contributed by atoms with van der Waals surface area (Å²) in [4.78, 5) is 186. The first-order valence-corrected chi connectivity index (χ1v) is 36.5. The molecule has 46 nitrogen and oxygen atoms in total. The van der Waals surface area contributed by atoms with Crippen LogP contribution in [0.5, 0.6) is 0 Å². The van der Waals surface area contributed by atoms with Gasteiger partial charge in [-0.2, -0.15) is 4.98 Å². The van der Waals surface area contributed by atoms with Crippen molar-refractivity contribution in [3.05, 3.63) is 52.1 Å². The van der Waals surface area contributed by atoms with Gasteiger partial charge in [0.15, 0.2) is 11.2 Å². The number of H-pyrrole nitrogens is 1. The molecular formula is C62H96N16O30S2. The van der Waals surface area contributed by atoms with E-state index in [2.05, 4.69) is 78.4 Å². The Morgan fingerprint density at radius 1 is 0.518 bits per heavy atom. The Balaban J connectivity index is 2.04. The first kappa shape index (κ1) is 95.0. The standard InChI is InChI=1S/C62H96N16O30S2/c1-109-110-26-36(61(107)108)76-58(103)32(7-12-41(86)64-18-19-79)72-57(102)34(11-17-46(92)93)74-55(100)31(8-14-43(88)67-23-38(83)49(95)51(97)40(85)25-81)71-56(101)33(10-16-45(90)91)73-54(99)30(6-13-42(87)66-22-37(82)48(94)50(96)39(84)24-80)70-44(89)15-9-35(60(105)106)75-53(98)27-2-4-28(5-3-27)65-20-29-21-68-52-47(69-29)59(104)78-62(63)77-52/h2-5,21,30-40,44,48-51,54,65,70,73,79-85,89,94-97,99H,6-20,22-26H2,1H3,(H,64,86)(H,66,87)(H,67,88)(H,71,101)(H,72,102)(H,74,100)(H,75,98)(H,76,103)(H,90,91)(H,92,93)(H,105,106)(H,107,108)(H3,63,68,77,78,104)/t30-,31-,32-,33+,34+,35+,36+,37-,38-,39+,40+,44?,48+,49+,50+,51+,54?/m0/s1. The third kappa shape index (κ3) is 34.0. The number of benzene rings is 1. The van der Waals surface area contributed by atoms with Crippen LogP contribution < -0.4 is 69.8 Å². The molecule has 31 N–H and O–H groups in total. The number of hydrogen-bond acceptors (Lipinski definition) is 35. The predicted molar refractivity (Wildman–Crippen MR) is 381 cm³/mol. The Labute approximate surface area is 632 Å². The molecule has 8 amide bonds. The fourth-order valence-electron chi connectivity index (χ4n) is 9.93. The van der Waals surface area contributed by atoms with Gasteiger partial charge >= 0.3 is 23.9 Å². The number of nitrogens with zero attached hydrogens (tertiary/aromatic N) is 3. The van der Waals surface area contributed by atoms with E-state index in [1.165, 1.54) is 30.5 Å². The van der Waals surface area contributed by atoms with Gasteiger partial charge in [-0.25, -0.2) is 19.6 Å². The Morgan fingerprint density at radius 3 is 1.45 bits per heavy atom. The second kappa shape index (κ2) is 49.1. The predicted octanol–water partition coefficient (Wildman–Crippen LogP) is -11.3. The number of aromatic nitrogens is 4. The highest BCUT2D eigenvalue weighted by atomic mass is 33.1. The molecule has 1 aromatic carbocycles. The van der Waals surface area contributed by atoms with Gasteiger partial charge in [0.05, 0.1) is 56.5 Å². The maximum absolute atomic E-state index is 14.6. The van der Waals surface area contributed by atoms with Crippen molar-refractivity contribution in [1.29, 1.82) is 0 Å². The zero-order valence-corrected chi connectivity index (χ0v) is 60.6. The molecule has 0 radical (unpaired) electrons. The molecule has 0 saturated carbocycles. The number of nitrogens with one attached hydrogen (secondary N) is 12. The summed E-state index contributed by atoms with van der Waals surface area (Å²) in [6, 6.07) is -7.57. The van der Waals surface area contributed by atoms with Gasteiger partial charge in [-0.3, -0.25) is 68.4 Å². The van der Waals surface area contributed by atoms with Gasteiger partial charge in [-0.1, -0.05) is 21.6 Å². The summed E-state index contributed by atoms with van der Waals surface area (Å²) in [5.41, 5.74) is 5.53. The normalized spacial score (nSPS) is 16.1. The molecule has 2 aromatic heterocycles. The number of amides is 8. The number of nitrogen functional groups attached to an aromatic ring is 1. The Kier molecular flexibility index (Phi) is 42.4. The van der Waals surface area contributed by atoms with Crippen LogP contribution in [0.15, 0.2) is 35.3 Å². The topological polar surface area (TPSA) is 779 Å². The van der Waals surface area contributed by atoms with Crippen LogP contribution >= 0.6 is 21.6 Å². The first-order valence-electron chi connectivity index (χ1n) is 33.8. The summed E-state index contributed by atoms with van der Waals surface area (Å²) in [6.45, 7) is -4.59. The number of aromatic amines is 1. The SMILES string of the molecule is CSSC[C@@H](NC(=O)[C@H](CCC(=O)NCCO)NC(=O)[C@@H](CCC(=O)O)NC(=O)[C@H](CCC(=O)NC[C@H](O)[C@@H](O)[C@H](O)[C@H](O)CO)NC(=O)[C@@H](CCC(=O)O)NC(O)[C@H](CCC(=O)NC[C@H](O)[C@@H](O)[C@H](O)[C@H](O)CO)NC(O)CC[C@@H](NC(=O)c1ccc(NCc2cnc3nc(N)[nH]c(=O)c3n2)cc1)C(=O)O)C(=O)O. The summed E-state index contributed by atoms with van der Waals surface area (Å²) >= 11 is 0. The highest BCUT2D eigenvalue weighted by molar-refractivity contribution is 8.76. The lowest BCUT2D eigenvalue weighted by Gasteiger charge is -2.31. The van der Waals surface area contributed by atoms with E-state index in [4.69, 9.17) is 5.73 Å². The fraction of sp³-hybridized carbons (Fsp3) is 0.613. The van der Waals surface area contributed by atoms with Gasteiger partial charge in [0.2, 0.25) is 47.3 Å². The van der Waals surface area contributed by atoms with Crippen molar-refractivity contribution in [2.75, 3.05) is 62.5 Å². The van der Waals surface area contributed by atoms with E-state index in [0.717, 1.165) is 21.6 Å². The zero-order valence-electron chi connectivity index (χ0n) is 59.0. The molecule has 2 unspecified atom stereocenters. The van der Waals surface area contributed by atoms with E-state index in [1.807, 2.05) is 0 Å². The average molecular weight is 1610 g/mol. The summed E-state index contributed by atoms with van der Waals surface area (Å²) in [7, 11) is 2.15. The molecule has 0 fully saturated rings. The molecule has 0 aliphatic rings. The molecule has 3 rings (SSSR count). The number of aliphatic hydroxyl groups excluding tert-OH is 13. The van der Waals surface area contributed by atoms with Gasteiger partial charge in [0.1, 0.15) is 79.3 Å². The van der Waals surface area contributed by atoms with Crippen LogP contribution in [0.2, 0.25) is 0 Å². The first-order chi connectivity index (χ1) is 51.9. The molecule has 0 saturated heterocycles. The van der Waals surface area contributed by atoms with Gasteiger partial charge in [-0.05, 0) is 75.5 Å². The quantitative estimate of drug-likeness (QED) is 0.0184. The molecule has 0 aliphatic carbocycles. The van der Waals surface area contributed by atoms with Crippen molar-refractivity contribution in [2.24, 2.45) is 0 Å². The second-order valence-corrected chi connectivity index (χ2v) is 27.2. The van der Waals surface area contributed by atoms with Crippen LogP contribution in [0.4, 0.5) is 11.6 Å². The number of carboxylic acid groups (broad SMARTS) is 4. The van der Waals surface area contributed by atoms with Crippen LogP contribution in [0.1, 0.15) is 93.1 Å². The Morgan fingerprint density at radius 2 is 0.973 bits per heavy atom. The summed E-state index contributed by atoms with van der Waals surface area (Å²) in [5.74, 6) is -16.0.